The van der Waals surface area contributed by atoms with Crippen LogP contribution in [0.3, 0.4) is 0 Å². The Morgan fingerprint density at radius 1 is 1.44 bits per heavy atom. The Morgan fingerprint density at radius 2 is 2.38 bits per heavy atom. The predicted molar refractivity (Wildman–Crippen MR) is 57.8 cm³/mol. The van der Waals surface area contributed by atoms with Crippen LogP contribution in [-0.4, -0.2) is 26.1 Å². The molecule has 0 aliphatic heterocycles. The molecule has 0 radical (unpaired) electrons. The third-order valence-corrected chi connectivity index (χ3v) is 2.33. The van der Waals surface area contributed by atoms with Crippen molar-refractivity contribution in [3.63, 3.8) is 0 Å². The van der Waals surface area contributed by atoms with Crippen molar-refractivity contribution in [1.82, 2.24) is 19.6 Å². The highest BCUT2D eigenvalue weighted by molar-refractivity contribution is 5.49. The molecule has 0 atom stereocenters. The quantitative estimate of drug-likeness (QED) is 0.680. The van der Waals surface area contributed by atoms with Crippen LogP contribution in [0.4, 0.5) is 0 Å². The SMILES string of the molecule is NCCc1cn2[nH]c(-c3ccco3)nc2n1. The third-order valence-electron chi connectivity index (χ3n) is 2.33. The first-order valence-electron chi connectivity index (χ1n) is 5.05. The second-order valence-corrected chi connectivity index (χ2v) is 3.49. The van der Waals surface area contributed by atoms with E-state index in [0.717, 1.165) is 12.1 Å². The average Bonchev–Trinajstić information content (AvgIpc) is 2.89. The summed E-state index contributed by atoms with van der Waals surface area (Å²) in [5.41, 5.74) is 6.40. The number of nitrogens with one attached hydrogen (secondary N) is 1. The highest BCUT2D eigenvalue weighted by Crippen LogP contribution is 2.16. The van der Waals surface area contributed by atoms with Crippen LogP contribution in [0.15, 0.2) is 29.0 Å². The molecule has 0 aromatic carbocycles. The van der Waals surface area contributed by atoms with Crippen molar-refractivity contribution in [1.29, 1.82) is 0 Å². The van der Waals surface area contributed by atoms with Gasteiger partial charge in [0.05, 0.1) is 18.2 Å². The average molecular weight is 217 g/mol. The standard InChI is InChI=1S/C10H11N5O/c11-4-3-7-6-15-10(12-7)13-9(14-15)8-2-1-5-16-8/h1-2,5-6H,3-4,11H2,(H,12,13,14). The van der Waals surface area contributed by atoms with Gasteiger partial charge in [0, 0.05) is 6.42 Å². The fourth-order valence-corrected chi connectivity index (χ4v) is 1.61. The van der Waals surface area contributed by atoms with E-state index in [1.807, 2.05) is 18.3 Å². The van der Waals surface area contributed by atoms with E-state index >= 15 is 0 Å². The molecule has 0 spiro atoms. The lowest BCUT2D eigenvalue weighted by Crippen LogP contribution is -2.02. The molecule has 0 saturated heterocycles. The number of imidazole rings is 1. The highest BCUT2D eigenvalue weighted by atomic mass is 16.3. The van der Waals surface area contributed by atoms with E-state index in [0.29, 0.717) is 23.9 Å². The number of furan rings is 1. The molecule has 0 saturated carbocycles. The Hall–Kier alpha value is -2.08. The first kappa shape index (κ1) is 9.17. The number of hydrogen-bond donors (Lipinski definition) is 2. The van der Waals surface area contributed by atoms with Crippen molar-refractivity contribution in [2.45, 2.75) is 6.42 Å². The first-order valence-corrected chi connectivity index (χ1v) is 5.05. The van der Waals surface area contributed by atoms with Crippen LogP contribution in [0.2, 0.25) is 0 Å². The van der Waals surface area contributed by atoms with E-state index in [1.165, 1.54) is 0 Å². The lowest BCUT2D eigenvalue weighted by Gasteiger charge is -1.89. The minimum absolute atomic E-state index is 0.589. The molecular formula is C10H11N5O. The highest BCUT2D eigenvalue weighted by Gasteiger charge is 2.09. The Labute approximate surface area is 91.1 Å². The molecule has 3 aromatic rings. The number of aromatic amines is 1. The Balaban J connectivity index is 2.02. The normalized spacial score (nSPS) is 11.3. The van der Waals surface area contributed by atoms with Gasteiger partial charge in [-0.3, -0.25) is 5.10 Å². The monoisotopic (exact) mass is 217 g/mol. The van der Waals surface area contributed by atoms with Gasteiger partial charge in [0.1, 0.15) is 0 Å². The van der Waals surface area contributed by atoms with Gasteiger partial charge in [-0.25, -0.2) is 9.50 Å². The Kier molecular flexibility index (Phi) is 2.00. The summed E-state index contributed by atoms with van der Waals surface area (Å²) in [4.78, 5) is 8.65. The number of nitrogens with zero attached hydrogens (tertiary/aromatic N) is 3. The Bertz CT molecular complexity index is 560. The third kappa shape index (κ3) is 1.40. The second-order valence-electron chi connectivity index (χ2n) is 3.49. The van der Waals surface area contributed by atoms with Crippen LogP contribution in [0.25, 0.3) is 17.4 Å². The van der Waals surface area contributed by atoms with Crippen LogP contribution in [-0.2, 0) is 6.42 Å². The molecule has 0 aliphatic carbocycles. The zero-order valence-electron chi connectivity index (χ0n) is 8.55. The predicted octanol–water partition coefficient (Wildman–Crippen LogP) is 0.819. The van der Waals surface area contributed by atoms with E-state index in [9.17, 15) is 0 Å². The van der Waals surface area contributed by atoms with Crippen molar-refractivity contribution >= 4 is 5.78 Å². The fourth-order valence-electron chi connectivity index (χ4n) is 1.61. The molecule has 0 fully saturated rings. The molecule has 16 heavy (non-hydrogen) atoms. The molecule has 0 bridgehead atoms. The molecule has 3 N–H and O–H groups in total. The van der Waals surface area contributed by atoms with Gasteiger partial charge in [0.2, 0.25) is 0 Å². The van der Waals surface area contributed by atoms with Crippen LogP contribution in [0.1, 0.15) is 5.69 Å². The lowest BCUT2D eigenvalue weighted by molar-refractivity contribution is 0.577. The summed E-state index contributed by atoms with van der Waals surface area (Å²) >= 11 is 0. The van der Waals surface area contributed by atoms with E-state index in [-0.39, 0.29) is 0 Å². The van der Waals surface area contributed by atoms with Crippen LogP contribution in [0, 0.1) is 0 Å². The molecule has 3 rings (SSSR count). The molecule has 6 nitrogen and oxygen atoms in total. The smallest absolute Gasteiger partial charge is 0.251 e. The van der Waals surface area contributed by atoms with Crippen LogP contribution in [0.5, 0.6) is 0 Å². The molecule has 3 aromatic heterocycles. The number of fused-ring (bicyclic) bond motifs is 1. The molecule has 0 amide bonds. The van der Waals surface area contributed by atoms with Crippen molar-refractivity contribution in [2.75, 3.05) is 6.54 Å². The van der Waals surface area contributed by atoms with Gasteiger partial charge < -0.3 is 10.2 Å². The number of rotatable bonds is 3. The summed E-state index contributed by atoms with van der Waals surface area (Å²) in [6.07, 6.45) is 4.26. The summed E-state index contributed by atoms with van der Waals surface area (Å²) in [5.74, 6) is 2.01. The van der Waals surface area contributed by atoms with Crippen molar-refractivity contribution in [3.05, 3.63) is 30.3 Å². The van der Waals surface area contributed by atoms with E-state index < -0.39 is 0 Å². The summed E-state index contributed by atoms with van der Waals surface area (Å²) in [7, 11) is 0. The number of aromatic nitrogens is 4. The molecular weight excluding hydrogens is 206 g/mol. The second kappa shape index (κ2) is 3.49. The first-order chi connectivity index (χ1) is 7.86. The van der Waals surface area contributed by atoms with Crippen LogP contribution >= 0.6 is 0 Å². The maximum absolute atomic E-state index is 5.46. The zero-order valence-corrected chi connectivity index (χ0v) is 8.55. The summed E-state index contributed by atoms with van der Waals surface area (Å²) in [6, 6.07) is 3.67. The Morgan fingerprint density at radius 3 is 3.06 bits per heavy atom. The van der Waals surface area contributed by atoms with Gasteiger partial charge in [0.15, 0.2) is 11.6 Å². The zero-order chi connectivity index (χ0) is 11.0. The van der Waals surface area contributed by atoms with Crippen molar-refractivity contribution < 1.29 is 4.42 Å². The van der Waals surface area contributed by atoms with Gasteiger partial charge in [0.25, 0.3) is 5.78 Å². The van der Waals surface area contributed by atoms with E-state index in [1.54, 1.807) is 10.8 Å². The number of nitrogens with two attached hydrogens (primary N) is 1. The molecule has 0 aliphatic rings. The van der Waals surface area contributed by atoms with Gasteiger partial charge in [-0.05, 0) is 18.7 Å². The van der Waals surface area contributed by atoms with Crippen LogP contribution < -0.4 is 5.73 Å². The maximum atomic E-state index is 5.46. The minimum atomic E-state index is 0.589. The van der Waals surface area contributed by atoms with Crippen molar-refractivity contribution in [2.24, 2.45) is 5.73 Å². The molecule has 0 unspecified atom stereocenters. The number of hydrogen-bond acceptors (Lipinski definition) is 4. The largest absolute Gasteiger partial charge is 0.461 e. The molecule has 3 heterocycles. The summed E-state index contributed by atoms with van der Waals surface area (Å²) in [6.45, 7) is 0.589. The van der Waals surface area contributed by atoms with E-state index in [4.69, 9.17) is 10.2 Å². The minimum Gasteiger partial charge on any atom is -0.461 e. The number of H-pyrrole nitrogens is 1. The van der Waals surface area contributed by atoms with E-state index in [2.05, 4.69) is 15.1 Å². The molecule has 6 heteroatoms. The van der Waals surface area contributed by atoms with Gasteiger partial charge in [-0.2, -0.15) is 4.98 Å². The fraction of sp³-hybridized carbons (Fsp3) is 0.200. The molecule has 82 valence electrons. The van der Waals surface area contributed by atoms with Gasteiger partial charge >= 0.3 is 0 Å². The topological polar surface area (TPSA) is 85.1 Å². The van der Waals surface area contributed by atoms with Crippen molar-refractivity contribution in [3.8, 4) is 11.6 Å². The summed E-state index contributed by atoms with van der Waals surface area (Å²) < 4.78 is 7.01. The summed E-state index contributed by atoms with van der Waals surface area (Å²) in [5, 5.41) is 3.09. The van der Waals surface area contributed by atoms with Gasteiger partial charge in [-0.1, -0.05) is 0 Å². The lowest BCUT2D eigenvalue weighted by atomic mass is 10.3. The van der Waals surface area contributed by atoms with Gasteiger partial charge in [-0.15, -0.1) is 0 Å². The maximum Gasteiger partial charge on any atom is 0.251 e.